The highest BCUT2D eigenvalue weighted by Gasteiger charge is 2.27. The predicted molar refractivity (Wildman–Crippen MR) is 125 cm³/mol. The highest BCUT2D eigenvalue weighted by molar-refractivity contribution is 5.93. The number of hydrogen-bond acceptors (Lipinski definition) is 7. The fourth-order valence-corrected chi connectivity index (χ4v) is 4.19. The average Bonchev–Trinajstić information content (AvgIpc) is 3.20. The van der Waals surface area contributed by atoms with Gasteiger partial charge in [0.05, 0.1) is 33.4 Å². The van der Waals surface area contributed by atoms with E-state index in [0.29, 0.717) is 54.0 Å². The van der Waals surface area contributed by atoms with Crippen molar-refractivity contribution in [1.82, 2.24) is 19.5 Å². The van der Waals surface area contributed by atoms with Crippen molar-refractivity contribution in [2.24, 2.45) is 0 Å². The minimum absolute atomic E-state index is 0.193. The van der Waals surface area contributed by atoms with Crippen molar-refractivity contribution in [2.75, 3.05) is 34.5 Å². The molecule has 0 aliphatic carbocycles. The predicted octanol–water partition coefficient (Wildman–Crippen LogP) is 3.46. The summed E-state index contributed by atoms with van der Waals surface area (Å²) in [5, 5.41) is 4.38. The summed E-state index contributed by atoms with van der Waals surface area (Å²) in [7, 11) is 4.83. The molecule has 5 rings (SSSR count). The Hall–Kier alpha value is -4.27. The van der Waals surface area contributed by atoms with Crippen LogP contribution in [0.1, 0.15) is 16.1 Å². The zero-order valence-corrected chi connectivity index (χ0v) is 19.1. The minimum Gasteiger partial charge on any atom is -0.496 e. The number of ether oxygens (including phenoxy) is 4. The van der Waals surface area contributed by atoms with Crippen molar-refractivity contribution in [1.29, 1.82) is 0 Å². The first-order valence-electron chi connectivity index (χ1n) is 10.8. The summed E-state index contributed by atoms with van der Waals surface area (Å²) >= 11 is 0. The number of amides is 1. The molecule has 0 bridgehead atoms. The molecular weight excluding hydrogens is 436 g/mol. The normalized spacial score (nSPS) is 13.1. The molecule has 0 fully saturated rings. The molecule has 0 radical (unpaired) electrons. The molecule has 1 aliphatic rings. The number of nitrogens with zero attached hydrogens (tertiary/aromatic N) is 4. The molecule has 4 aromatic rings. The number of rotatable bonds is 5. The largest absolute Gasteiger partial charge is 0.496 e. The number of benzene rings is 2. The Labute approximate surface area is 196 Å². The Morgan fingerprint density at radius 3 is 2.47 bits per heavy atom. The van der Waals surface area contributed by atoms with E-state index < -0.39 is 0 Å². The molecule has 2 aromatic heterocycles. The molecule has 0 N–H and O–H groups in total. The molecule has 2 aromatic carbocycles. The Bertz CT molecular complexity index is 1310. The van der Waals surface area contributed by atoms with Gasteiger partial charge in [-0.15, -0.1) is 0 Å². The van der Waals surface area contributed by atoms with Crippen LogP contribution in [-0.4, -0.2) is 59.9 Å². The smallest absolute Gasteiger partial charge is 0.274 e. The molecule has 0 saturated heterocycles. The maximum absolute atomic E-state index is 13.3. The fourth-order valence-electron chi connectivity index (χ4n) is 4.19. The van der Waals surface area contributed by atoms with Crippen LogP contribution in [0.5, 0.6) is 23.0 Å². The monoisotopic (exact) mass is 460 g/mol. The molecular formula is C25H24N4O5. The van der Waals surface area contributed by atoms with Crippen molar-refractivity contribution >= 4 is 11.6 Å². The van der Waals surface area contributed by atoms with Gasteiger partial charge in [0.2, 0.25) is 0 Å². The summed E-state index contributed by atoms with van der Waals surface area (Å²) in [6.07, 6.45) is 3.43. The molecule has 1 aliphatic heterocycles. The SMILES string of the molecule is COc1cc(-c2c(OC)cccc2OC)cc2c1OCCN(C(=O)c1cc3ncccn3n1)C2. The Kier molecular flexibility index (Phi) is 5.67. The van der Waals surface area contributed by atoms with Crippen LogP contribution < -0.4 is 18.9 Å². The second-order valence-corrected chi connectivity index (χ2v) is 7.73. The molecule has 3 heterocycles. The van der Waals surface area contributed by atoms with Gasteiger partial charge in [0, 0.05) is 30.6 Å². The summed E-state index contributed by atoms with van der Waals surface area (Å²) < 4.78 is 24.5. The van der Waals surface area contributed by atoms with Crippen molar-refractivity contribution < 1.29 is 23.7 Å². The van der Waals surface area contributed by atoms with Crippen molar-refractivity contribution in [3.8, 4) is 34.1 Å². The Morgan fingerprint density at radius 1 is 1.00 bits per heavy atom. The number of hydrogen-bond donors (Lipinski definition) is 0. The molecule has 9 nitrogen and oxygen atoms in total. The third-order valence-electron chi connectivity index (χ3n) is 5.78. The average molecular weight is 460 g/mol. The van der Waals surface area contributed by atoms with E-state index in [1.165, 1.54) is 0 Å². The lowest BCUT2D eigenvalue weighted by Gasteiger charge is -2.20. The van der Waals surface area contributed by atoms with E-state index in [2.05, 4.69) is 10.1 Å². The summed E-state index contributed by atoms with van der Waals surface area (Å²) in [6.45, 7) is 1.07. The van der Waals surface area contributed by atoms with Crippen LogP contribution in [0.4, 0.5) is 0 Å². The van der Waals surface area contributed by atoms with E-state index in [1.54, 1.807) is 55.3 Å². The van der Waals surface area contributed by atoms with E-state index >= 15 is 0 Å². The second-order valence-electron chi connectivity index (χ2n) is 7.73. The number of methoxy groups -OCH3 is 3. The van der Waals surface area contributed by atoms with Gasteiger partial charge >= 0.3 is 0 Å². The van der Waals surface area contributed by atoms with Crippen LogP contribution in [0, 0.1) is 0 Å². The lowest BCUT2D eigenvalue weighted by Crippen LogP contribution is -2.32. The Balaban J connectivity index is 1.56. The van der Waals surface area contributed by atoms with Gasteiger partial charge < -0.3 is 23.8 Å². The van der Waals surface area contributed by atoms with E-state index in [9.17, 15) is 4.79 Å². The standard InChI is InChI=1S/C25H24N4O5/c1-31-19-6-4-7-20(32-2)23(19)16-12-17-15-28(10-11-34-24(17)21(13-16)33-3)25(30)18-14-22-26-8-5-9-29(22)27-18/h4-9,12-14H,10-11,15H2,1-3H3. The highest BCUT2D eigenvalue weighted by atomic mass is 16.5. The Morgan fingerprint density at radius 2 is 1.76 bits per heavy atom. The molecule has 34 heavy (non-hydrogen) atoms. The number of carbonyl (C=O) groups is 1. The zero-order chi connectivity index (χ0) is 23.7. The van der Waals surface area contributed by atoms with E-state index in [1.807, 2.05) is 30.3 Å². The number of fused-ring (bicyclic) bond motifs is 2. The van der Waals surface area contributed by atoms with Crippen LogP contribution >= 0.6 is 0 Å². The van der Waals surface area contributed by atoms with Crippen molar-refractivity contribution in [2.45, 2.75) is 6.54 Å². The van der Waals surface area contributed by atoms with E-state index in [4.69, 9.17) is 18.9 Å². The van der Waals surface area contributed by atoms with Gasteiger partial charge in [-0.2, -0.15) is 5.10 Å². The van der Waals surface area contributed by atoms with Crippen LogP contribution in [0.3, 0.4) is 0 Å². The number of carbonyl (C=O) groups excluding carboxylic acids is 1. The topological polar surface area (TPSA) is 87.4 Å². The number of aromatic nitrogens is 3. The first kappa shape index (κ1) is 21.6. The van der Waals surface area contributed by atoms with Crippen molar-refractivity contribution in [3.63, 3.8) is 0 Å². The molecule has 9 heteroatoms. The van der Waals surface area contributed by atoms with Crippen LogP contribution in [0.2, 0.25) is 0 Å². The van der Waals surface area contributed by atoms with Gasteiger partial charge in [0.15, 0.2) is 22.8 Å². The molecule has 0 unspecified atom stereocenters. The molecule has 0 spiro atoms. The quantitative estimate of drug-likeness (QED) is 0.451. The van der Waals surface area contributed by atoms with Gasteiger partial charge in [0.25, 0.3) is 5.91 Å². The van der Waals surface area contributed by atoms with Gasteiger partial charge in [0.1, 0.15) is 18.1 Å². The molecule has 0 atom stereocenters. The second kappa shape index (κ2) is 8.93. The fraction of sp³-hybridized carbons (Fsp3) is 0.240. The summed E-state index contributed by atoms with van der Waals surface area (Å²) in [6, 6.07) is 12.9. The van der Waals surface area contributed by atoms with E-state index in [-0.39, 0.29) is 5.91 Å². The maximum atomic E-state index is 13.3. The first-order chi connectivity index (χ1) is 16.6. The molecule has 174 valence electrons. The molecule has 1 amide bonds. The van der Waals surface area contributed by atoms with Crippen LogP contribution in [0.25, 0.3) is 16.8 Å². The summed E-state index contributed by atoms with van der Waals surface area (Å²) in [4.78, 5) is 19.3. The lowest BCUT2D eigenvalue weighted by molar-refractivity contribution is 0.0727. The van der Waals surface area contributed by atoms with Gasteiger partial charge in [-0.05, 0) is 35.9 Å². The van der Waals surface area contributed by atoms with Gasteiger partial charge in [-0.3, -0.25) is 4.79 Å². The summed E-state index contributed by atoms with van der Waals surface area (Å²) in [5.74, 6) is 2.34. The van der Waals surface area contributed by atoms with Gasteiger partial charge in [-0.1, -0.05) is 6.07 Å². The first-order valence-corrected chi connectivity index (χ1v) is 10.8. The highest BCUT2D eigenvalue weighted by Crippen LogP contribution is 2.44. The van der Waals surface area contributed by atoms with Crippen LogP contribution in [0.15, 0.2) is 54.9 Å². The minimum atomic E-state index is -0.193. The van der Waals surface area contributed by atoms with Crippen LogP contribution in [-0.2, 0) is 6.54 Å². The van der Waals surface area contributed by atoms with Crippen molar-refractivity contribution in [3.05, 3.63) is 66.1 Å². The third-order valence-corrected chi connectivity index (χ3v) is 5.78. The lowest BCUT2D eigenvalue weighted by atomic mass is 9.99. The summed E-state index contributed by atoms with van der Waals surface area (Å²) in [5.41, 5.74) is 3.39. The molecule has 0 saturated carbocycles. The third kappa shape index (κ3) is 3.75. The van der Waals surface area contributed by atoms with Gasteiger partial charge in [-0.25, -0.2) is 9.50 Å². The maximum Gasteiger partial charge on any atom is 0.274 e. The zero-order valence-electron chi connectivity index (χ0n) is 19.1. The van der Waals surface area contributed by atoms with E-state index in [0.717, 1.165) is 16.7 Å².